The van der Waals surface area contributed by atoms with Crippen molar-refractivity contribution in [3.63, 3.8) is 0 Å². The highest BCUT2D eigenvalue weighted by atomic mass is 16.5. The molecule has 0 radical (unpaired) electrons. The molecule has 0 aromatic heterocycles. The zero-order chi connectivity index (χ0) is 24.0. The third-order valence-electron chi connectivity index (χ3n) is 7.15. The zero-order valence-electron chi connectivity index (χ0n) is 19.9. The summed E-state index contributed by atoms with van der Waals surface area (Å²) in [5.74, 6) is -2.12. The van der Waals surface area contributed by atoms with Crippen molar-refractivity contribution in [3.8, 4) is 0 Å². The first-order valence-electron chi connectivity index (χ1n) is 11.8. The molecule has 8 nitrogen and oxygen atoms in total. The number of para-hydroxylation sites is 1. The number of ether oxygens (including phenoxy) is 1. The van der Waals surface area contributed by atoms with Crippen LogP contribution in [-0.2, 0) is 19.1 Å². The maximum atomic E-state index is 13.8. The van der Waals surface area contributed by atoms with Crippen molar-refractivity contribution >= 4 is 23.4 Å². The predicted molar refractivity (Wildman–Crippen MR) is 123 cm³/mol. The smallest absolute Gasteiger partial charge is 0.246 e. The molecule has 5 atom stereocenters. The van der Waals surface area contributed by atoms with Gasteiger partial charge < -0.3 is 25.4 Å². The van der Waals surface area contributed by atoms with Crippen LogP contribution in [0.15, 0.2) is 30.3 Å². The van der Waals surface area contributed by atoms with Crippen LogP contribution in [0.5, 0.6) is 0 Å². The number of hydrogen-bond acceptors (Lipinski definition) is 5. The number of hydrogen-bond donors (Lipinski definition) is 3. The largest absolute Gasteiger partial charge is 0.396 e. The Morgan fingerprint density at radius 3 is 2.48 bits per heavy atom. The molecular weight excluding hydrogens is 422 g/mol. The van der Waals surface area contributed by atoms with Crippen molar-refractivity contribution in [2.24, 2.45) is 11.8 Å². The van der Waals surface area contributed by atoms with Gasteiger partial charge in [-0.05, 0) is 65.5 Å². The van der Waals surface area contributed by atoms with Crippen molar-refractivity contribution < 1.29 is 24.2 Å². The maximum absolute atomic E-state index is 13.8. The lowest BCUT2D eigenvalue weighted by molar-refractivity contribution is -0.145. The second-order valence-corrected chi connectivity index (χ2v) is 10.8. The highest BCUT2D eigenvalue weighted by molar-refractivity contribution is 6.02. The van der Waals surface area contributed by atoms with Gasteiger partial charge in [-0.2, -0.15) is 0 Å². The molecule has 1 aromatic carbocycles. The van der Waals surface area contributed by atoms with Crippen LogP contribution in [0.1, 0.15) is 53.4 Å². The van der Waals surface area contributed by atoms with Crippen molar-refractivity contribution in [1.82, 2.24) is 10.2 Å². The van der Waals surface area contributed by atoms with E-state index in [1.165, 1.54) is 0 Å². The first kappa shape index (κ1) is 23.7. The van der Waals surface area contributed by atoms with Gasteiger partial charge in [-0.3, -0.25) is 14.4 Å². The van der Waals surface area contributed by atoms with Gasteiger partial charge in [0.1, 0.15) is 11.6 Å². The van der Waals surface area contributed by atoms with Crippen molar-refractivity contribution in [3.05, 3.63) is 30.3 Å². The predicted octanol–water partition coefficient (Wildman–Crippen LogP) is 2.08. The van der Waals surface area contributed by atoms with Crippen LogP contribution >= 0.6 is 0 Å². The van der Waals surface area contributed by atoms with Gasteiger partial charge in [-0.1, -0.05) is 18.2 Å². The van der Waals surface area contributed by atoms with Crippen LogP contribution < -0.4 is 10.6 Å². The Kier molecular flexibility index (Phi) is 6.03. The minimum absolute atomic E-state index is 0.0200. The number of fused-ring (bicyclic) bond motifs is 1. The Morgan fingerprint density at radius 2 is 1.85 bits per heavy atom. The normalized spacial score (nSPS) is 32.7. The number of amides is 3. The topological polar surface area (TPSA) is 108 Å². The summed E-state index contributed by atoms with van der Waals surface area (Å²) in [6.07, 6.45) is 2.26. The number of carbonyl (C=O) groups is 3. The van der Waals surface area contributed by atoms with E-state index in [4.69, 9.17) is 4.74 Å². The molecular formula is C25H35N3O5. The Balaban J connectivity index is 1.69. The summed E-state index contributed by atoms with van der Waals surface area (Å²) < 4.78 is 6.56. The molecule has 4 rings (SSSR count). The van der Waals surface area contributed by atoms with Crippen molar-refractivity contribution in [1.29, 1.82) is 0 Å². The van der Waals surface area contributed by atoms with Gasteiger partial charge in [0.05, 0.1) is 17.4 Å². The number of unbranched alkanes of at least 4 members (excludes halogenated alkanes) is 1. The Morgan fingerprint density at radius 1 is 1.15 bits per heavy atom. The molecule has 3 fully saturated rings. The number of nitrogens with zero attached hydrogens (tertiary/aromatic N) is 1. The first-order chi connectivity index (χ1) is 15.5. The molecule has 3 N–H and O–H groups in total. The molecule has 2 unspecified atom stereocenters. The summed E-state index contributed by atoms with van der Waals surface area (Å²) in [4.78, 5) is 42.4. The number of benzene rings is 1. The van der Waals surface area contributed by atoms with Gasteiger partial charge in [-0.15, -0.1) is 0 Å². The molecule has 0 saturated carbocycles. The molecule has 3 saturated heterocycles. The minimum atomic E-state index is -1.03. The number of aliphatic hydroxyl groups excluding tert-OH is 1. The van der Waals surface area contributed by atoms with Crippen LogP contribution in [0, 0.1) is 11.8 Å². The van der Waals surface area contributed by atoms with Crippen molar-refractivity contribution in [2.45, 2.75) is 76.2 Å². The van der Waals surface area contributed by atoms with E-state index in [2.05, 4.69) is 10.6 Å². The highest BCUT2D eigenvalue weighted by Crippen LogP contribution is 2.63. The number of nitrogens with one attached hydrogen (secondary N) is 2. The lowest BCUT2D eigenvalue weighted by atomic mass is 9.66. The summed E-state index contributed by atoms with van der Waals surface area (Å²) in [6, 6.07) is 8.36. The second-order valence-electron chi connectivity index (χ2n) is 10.8. The summed E-state index contributed by atoms with van der Waals surface area (Å²) >= 11 is 0. The van der Waals surface area contributed by atoms with Gasteiger partial charge in [-0.25, -0.2) is 0 Å². The van der Waals surface area contributed by atoms with E-state index in [1.807, 2.05) is 45.9 Å². The third-order valence-corrected chi connectivity index (χ3v) is 7.15. The molecule has 1 spiro atoms. The lowest BCUT2D eigenvalue weighted by Crippen LogP contribution is -2.58. The Bertz CT molecular complexity index is 930. The van der Waals surface area contributed by atoms with Crippen LogP contribution in [0.2, 0.25) is 0 Å². The summed E-state index contributed by atoms with van der Waals surface area (Å²) in [6.45, 7) is 7.95. The molecule has 33 heavy (non-hydrogen) atoms. The molecule has 3 amide bonds. The molecule has 180 valence electrons. The van der Waals surface area contributed by atoms with Gasteiger partial charge in [0.2, 0.25) is 17.7 Å². The van der Waals surface area contributed by atoms with Gasteiger partial charge in [0.15, 0.2) is 0 Å². The van der Waals surface area contributed by atoms with Crippen LogP contribution in [0.3, 0.4) is 0 Å². The van der Waals surface area contributed by atoms with E-state index in [0.717, 1.165) is 0 Å². The molecule has 3 aliphatic rings. The van der Waals surface area contributed by atoms with Gasteiger partial charge in [0, 0.05) is 24.4 Å². The van der Waals surface area contributed by atoms with E-state index in [1.54, 1.807) is 17.0 Å². The standard InChI is InChI=1S/C25H35N3O5/c1-23(2,3)27-21(31)19-25-13-12-24(4,33-25)17(20(30)26-16-10-6-5-7-11-16)18(25)22(32)28(19)14-8-9-15-29/h5-7,10-11,17-19,29H,8-9,12-15H2,1-4H3,(H,26,30)(H,27,31)/t17-,18+,19?,24+,25?/m1/s1. The number of carbonyl (C=O) groups excluding carboxylic acids is 3. The summed E-state index contributed by atoms with van der Waals surface area (Å²) in [5.41, 5.74) is -1.65. The monoisotopic (exact) mass is 457 g/mol. The number of rotatable bonds is 7. The third kappa shape index (κ3) is 4.04. The lowest BCUT2D eigenvalue weighted by Gasteiger charge is -2.35. The molecule has 2 bridgehead atoms. The molecule has 1 aromatic rings. The van der Waals surface area contributed by atoms with E-state index in [0.29, 0.717) is 37.9 Å². The highest BCUT2D eigenvalue weighted by Gasteiger charge is 2.77. The molecule has 0 aliphatic carbocycles. The van der Waals surface area contributed by atoms with E-state index in [9.17, 15) is 19.5 Å². The van der Waals surface area contributed by atoms with Gasteiger partial charge >= 0.3 is 0 Å². The summed E-state index contributed by atoms with van der Waals surface area (Å²) in [5, 5.41) is 15.2. The number of aliphatic hydroxyl groups is 1. The Hall–Kier alpha value is -2.45. The fourth-order valence-corrected chi connectivity index (χ4v) is 5.94. The number of likely N-dealkylation sites (tertiary alicyclic amines) is 1. The van der Waals surface area contributed by atoms with E-state index < -0.39 is 34.6 Å². The molecule has 3 heterocycles. The SMILES string of the molecule is CC(C)(C)NC(=O)C1N(CCCCO)C(=O)[C@@H]2[C@H](C(=O)Nc3ccccc3)[C@]3(C)CCC12O3. The fraction of sp³-hybridized carbons (Fsp3) is 0.640. The average Bonchev–Trinajstić information content (AvgIpc) is 3.29. The van der Waals surface area contributed by atoms with Crippen molar-refractivity contribution in [2.75, 3.05) is 18.5 Å². The fourth-order valence-electron chi connectivity index (χ4n) is 5.94. The van der Waals surface area contributed by atoms with Crippen LogP contribution in [0.4, 0.5) is 5.69 Å². The Labute approximate surface area is 195 Å². The maximum Gasteiger partial charge on any atom is 0.246 e. The molecule has 3 aliphatic heterocycles. The zero-order valence-corrected chi connectivity index (χ0v) is 19.9. The quantitative estimate of drug-likeness (QED) is 0.544. The molecule has 8 heteroatoms. The average molecular weight is 458 g/mol. The minimum Gasteiger partial charge on any atom is -0.396 e. The van der Waals surface area contributed by atoms with Crippen LogP contribution in [-0.4, -0.2) is 63.7 Å². The van der Waals surface area contributed by atoms with E-state index in [-0.39, 0.29) is 24.3 Å². The second kappa shape index (κ2) is 8.40. The van der Waals surface area contributed by atoms with Crippen LogP contribution in [0.25, 0.3) is 0 Å². The summed E-state index contributed by atoms with van der Waals surface area (Å²) in [7, 11) is 0. The first-order valence-corrected chi connectivity index (χ1v) is 11.8. The van der Waals surface area contributed by atoms with Gasteiger partial charge in [0.25, 0.3) is 0 Å². The number of anilines is 1. The van der Waals surface area contributed by atoms with E-state index >= 15 is 0 Å².